The molecule has 2 heterocycles. The van der Waals surface area contributed by atoms with Crippen molar-refractivity contribution in [1.29, 1.82) is 0 Å². The van der Waals surface area contributed by atoms with Gasteiger partial charge < -0.3 is 10.6 Å². The van der Waals surface area contributed by atoms with Crippen molar-refractivity contribution in [2.45, 2.75) is 26.3 Å². The van der Waals surface area contributed by atoms with Crippen LogP contribution in [0.1, 0.15) is 19.8 Å². The molecular formula is C17H21BrN4O2. The van der Waals surface area contributed by atoms with Crippen LogP contribution in [0.2, 0.25) is 0 Å². The average Bonchev–Trinajstić information content (AvgIpc) is 2.98. The van der Waals surface area contributed by atoms with E-state index in [9.17, 15) is 9.59 Å². The molecule has 1 amide bonds. The summed E-state index contributed by atoms with van der Waals surface area (Å²) in [6, 6.07) is 5.41. The summed E-state index contributed by atoms with van der Waals surface area (Å²) in [6.45, 7) is 4.46. The Balaban J connectivity index is 1.71. The summed E-state index contributed by atoms with van der Waals surface area (Å²) in [6.07, 6.45) is 2.74. The standard InChI is InChI=1S/C17H21BrN4O2/c1-17(9-19)5-7-21(10-17)15(23)4-6-22-11-20-14-3-2-12(18)8-13(14)16(22)24/h2-3,8,11H,4-7,9-10,19H2,1H3. The first kappa shape index (κ1) is 17.1. The molecule has 24 heavy (non-hydrogen) atoms. The van der Waals surface area contributed by atoms with Crippen LogP contribution in [-0.4, -0.2) is 40.0 Å². The lowest BCUT2D eigenvalue weighted by molar-refractivity contribution is -0.130. The predicted molar refractivity (Wildman–Crippen MR) is 96.7 cm³/mol. The van der Waals surface area contributed by atoms with Gasteiger partial charge in [0.1, 0.15) is 0 Å². The van der Waals surface area contributed by atoms with Crippen LogP contribution in [0.5, 0.6) is 0 Å². The Morgan fingerprint density at radius 2 is 2.25 bits per heavy atom. The van der Waals surface area contributed by atoms with Crippen LogP contribution >= 0.6 is 15.9 Å². The fraction of sp³-hybridized carbons (Fsp3) is 0.471. The number of likely N-dealkylation sites (tertiary alicyclic amines) is 1. The fourth-order valence-corrected chi connectivity index (χ4v) is 3.43. The maximum atomic E-state index is 12.5. The van der Waals surface area contributed by atoms with Gasteiger partial charge in [0, 0.05) is 30.5 Å². The first-order valence-corrected chi connectivity index (χ1v) is 8.84. The highest BCUT2D eigenvalue weighted by atomic mass is 79.9. The molecule has 1 aromatic carbocycles. The second kappa shape index (κ2) is 6.64. The predicted octanol–water partition coefficient (Wildman–Crippen LogP) is 1.75. The number of rotatable bonds is 4. The zero-order valence-corrected chi connectivity index (χ0v) is 15.3. The van der Waals surface area contributed by atoms with Crippen molar-refractivity contribution >= 4 is 32.7 Å². The molecular weight excluding hydrogens is 372 g/mol. The number of benzene rings is 1. The number of nitrogens with two attached hydrogens (primary N) is 1. The van der Waals surface area contributed by atoms with E-state index >= 15 is 0 Å². The van der Waals surface area contributed by atoms with Crippen LogP contribution in [0.3, 0.4) is 0 Å². The number of hydrogen-bond donors (Lipinski definition) is 1. The highest BCUT2D eigenvalue weighted by molar-refractivity contribution is 9.10. The number of fused-ring (bicyclic) bond motifs is 1. The van der Waals surface area contributed by atoms with E-state index in [1.807, 2.05) is 11.0 Å². The van der Waals surface area contributed by atoms with Crippen LogP contribution < -0.4 is 11.3 Å². The number of carbonyl (C=O) groups is 1. The van der Waals surface area contributed by atoms with Crippen molar-refractivity contribution < 1.29 is 4.79 Å². The third-order valence-corrected chi connectivity index (χ3v) is 5.25. The Bertz CT molecular complexity index is 835. The van der Waals surface area contributed by atoms with E-state index in [4.69, 9.17) is 5.73 Å². The number of hydrogen-bond acceptors (Lipinski definition) is 4. The summed E-state index contributed by atoms with van der Waals surface area (Å²) >= 11 is 3.37. The number of aromatic nitrogens is 2. The minimum atomic E-state index is -0.123. The van der Waals surface area contributed by atoms with Gasteiger partial charge in [0.05, 0.1) is 17.2 Å². The van der Waals surface area contributed by atoms with Gasteiger partial charge in [-0.1, -0.05) is 22.9 Å². The molecule has 1 saturated heterocycles. The van der Waals surface area contributed by atoms with Gasteiger partial charge in [0.2, 0.25) is 5.91 Å². The first-order valence-electron chi connectivity index (χ1n) is 8.04. The van der Waals surface area contributed by atoms with Gasteiger partial charge in [0.15, 0.2) is 0 Å². The van der Waals surface area contributed by atoms with E-state index in [1.54, 1.807) is 12.1 Å². The Morgan fingerprint density at radius 3 is 2.96 bits per heavy atom. The summed E-state index contributed by atoms with van der Waals surface area (Å²) in [7, 11) is 0. The molecule has 1 aliphatic rings. The molecule has 0 spiro atoms. The summed E-state index contributed by atoms with van der Waals surface area (Å²) < 4.78 is 2.34. The van der Waals surface area contributed by atoms with Crippen LogP contribution in [-0.2, 0) is 11.3 Å². The maximum absolute atomic E-state index is 12.5. The lowest BCUT2D eigenvalue weighted by atomic mass is 9.90. The van der Waals surface area contributed by atoms with E-state index in [2.05, 4.69) is 27.8 Å². The van der Waals surface area contributed by atoms with Crippen molar-refractivity contribution in [2.24, 2.45) is 11.1 Å². The molecule has 0 bridgehead atoms. The minimum Gasteiger partial charge on any atom is -0.342 e. The molecule has 1 aromatic heterocycles. The van der Waals surface area contributed by atoms with E-state index in [0.29, 0.717) is 37.0 Å². The Morgan fingerprint density at radius 1 is 1.46 bits per heavy atom. The smallest absolute Gasteiger partial charge is 0.261 e. The summed E-state index contributed by atoms with van der Waals surface area (Å²) in [4.78, 5) is 31.1. The van der Waals surface area contributed by atoms with Gasteiger partial charge in [-0.3, -0.25) is 14.2 Å². The van der Waals surface area contributed by atoms with Crippen LogP contribution in [0, 0.1) is 5.41 Å². The molecule has 6 nitrogen and oxygen atoms in total. The number of aryl methyl sites for hydroxylation is 1. The largest absolute Gasteiger partial charge is 0.342 e. The number of halogens is 1. The lowest BCUT2D eigenvalue weighted by Crippen LogP contribution is -2.35. The Kier molecular flexibility index (Phi) is 4.73. The van der Waals surface area contributed by atoms with Crippen LogP contribution in [0.15, 0.2) is 33.8 Å². The molecule has 1 unspecified atom stereocenters. The molecule has 1 atom stereocenters. The molecule has 2 aromatic rings. The summed E-state index contributed by atoms with van der Waals surface area (Å²) in [5, 5.41) is 0.552. The third kappa shape index (κ3) is 3.37. The monoisotopic (exact) mass is 392 g/mol. The topological polar surface area (TPSA) is 81.2 Å². The Labute approximate surface area is 148 Å². The van der Waals surface area contributed by atoms with Crippen molar-refractivity contribution in [3.63, 3.8) is 0 Å². The van der Waals surface area contributed by atoms with Gasteiger partial charge in [0.25, 0.3) is 5.56 Å². The molecule has 7 heteroatoms. The molecule has 0 radical (unpaired) electrons. The zero-order chi connectivity index (χ0) is 17.3. The van der Waals surface area contributed by atoms with Gasteiger partial charge in [-0.2, -0.15) is 0 Å². The van der Waals surface area contributed by atoms with Gasteiger partial charge >= 0.3 is 0 Å². The summed E-state index contributed by atoms with van der Waals surface area (Å²) in [5.74, 6) is 0.0633. The molecule has 128 valence electrons. The second-order valence-electron chi connectivity index (χ2n) is 6.73. The van der Waals surface area contributed by atoms with E-state index in [-0.39, 0.29) is 16.9 Å². The van der Waals surface area contributed by atoms with E-state index < -0.39 is 0 Å². The zero-order valence-electron chi connectivity index (χ0n) is 13.7. The lowest BCUT2D eigenvalue weighted by Gasteiger charge is -2.22. The van der Waals surface area contributed by atoms with Gasteiger partial charge in [-0.05, 0) is 36.6 Å². The normalized spacial score (nSPS) is 20.7. The van der Waals surface area contributed by atoms with Crippen molar-refractivity contribution in [3.8, 4) is 0 Å². The quantitative estimate of drug-likeness (QED) is 0.858. The fourth-order valence-electron chi connectivity index (χ4n) is 3.07. The Hall–Kier alpha value is -1.73. The van der Waals surface area contributed by atoms with Crippen LogP contribution in [0.4, 0.5) is 0 Å². The van der Waals surface area contributed by atoms with Crippen molar-refractivity contribution in [3.05, 3.63) is 39.4 Å². The second-order valence-corrected chi connectivity index (χ2v) is 7.65. The summed E-state index contributed by atoms with van der Waals surface area (Å²) in [5.41, 5.74) is 6.34. The van der Waals surface area contributed by atoms with Gasteiger partial charge in [-0.15, -0.1) is 0 Å². The maximum Gasteiger partial charge on any atom is 0.261 e. The molecule has 2 N–H and O–H groups in total. The van der Waals surface area contributed by atoms with E-state index in [0.717, 1.165) is 17.4 Å². The SMILES string of the molecule is CC1(CN)CCN(C(=O)CCn2cnc3ccc(Br)cc3c2=O)C1. The highest BCUT2D eigenvalue weighted by Gasteiger charge is 2.34. The van der Waals surface area contributed by atoms with E-state index in [1.165, 1.54) is 10.9 Å². The first-order chi connectivity index (χ1) is 11.4. The van der Waals surface area contributed by atoms with Crippen molar-refractivity contribution in [2.75, 3.05) is 19.6 Å². The van der Waals surface area contributed by atoms with Crippen LogP contribution in [0.25, 0.3) is 10.9 Å². The third-order valence-electron chi connectivity index (χ3n) is 4.76. The molecule has 1 aliphatic heterocycles. The van der Waals surface area contributed by atoms with Crippen molar-refractivity contribution in [1.82, 2.24) is 14.5 Å². The number of carbonyl (C=O) groups excluding carboxylic acids is 1. The molecule has 0 aliphatic carbocycles. The number of nitrogens with zero attached hydrogens (tertiary/aromatic N) is 3. The average molecular weight is 393 g/mol. The van der Waals surface area contributed by atoms with Gasteiger partial charge in [-0.25, -0.2) is 4.98 Å². The molecule has 0 saturated carbocycles. The molecule has 1 fully saturated rings. The number of amides is 1. The highest BCUT2D eigenvalue weighted by Crippen LogP contribution is 2.28. The molecule has 3 rings (SSSR count). The minimum absolute atomic E-state index is 0.0171.